The Balaban J connectivity index is 2.81. The van der Waals surface area contributed by atoms with E-state index in [1.54, 1.807) is 0 Å². The van der Waals surface area contributed by atoms with Gasteiger partial charge in [-0.15, -0.1) is 11.6 Å². The summed E-state index contributed by atoms with van der Waals surface area (Å²) in [5.74, 6) is 4.56. The van der Waals surface area contributed by atoms with Crippen LogP contribution in [0.5, 0.6) is 5.75 Å². The van der Waals surface area contributed by atoms with Crippen LogP contribution in [0.4, 0.5) is 22.0 Å². The van der Waals surface area contributed by atoms with Crippen molar-refractivity contribution in [2.45, 2.75) is 12.3 Å². The maximum absolute atomic E-state index is 12.5. The Labute approximate surface area is 104 Å². The molecule has 0 unspecified atom stereocenters. The van der Waals surface area contributed by atoms with E-state index in [2.05, 4.69) is 16.6 Å². The highest BCUT2D eigenvalue weighted by molar-refractivity contribution is 6.19. The van der Waals surface area contributed by atoms with E-state index in [1.165, 1.54) is 12.1 Å². The van der Waals surface area contributed by atoms with Crippen LogP contribution in [-0.4, -0.2) is 18.2 Å². The molecule has 0 aromatic heterocycles. The fraction of sp³-hybridized carbons (Fsp3) is 0.273. The lowest BCUT2D eigenvalue weighted by Crippen LogP contribution is -2.41. The molecule has 0 bridgehead atoms. The third-order valence-corrected chi connectivity index (χ3v) is 1.86. The van der Waals surface area contributed by atoms with Gasteiger partial charge in [0.15, 0.2) is 0 Å². The second-order valence-electron chi connectivity index (χ2n) is 3.08. The fourth-order valence-electron chi connectivity index (χ4n) is 0.948. The van der Waals surface area contributed by atoms with Crippen LogP contribution in [0.3, 0.4) is 0 Å². The zero-order chi connectivity index (χ0) is 13.8. The van der Waals surface area contributed by atoms with Crippen molar-refractivity contribution in [3.8, 4) is 17.6 Å². The second kappa shape index (κ2) is 5.44. The molecule has 0 aliphatic carbocycles. The van der Waals surface area contributed by atoms with Crippen LogP contribution in [-0.2, 0) is 0 Å². The molecule has 0 N–H and O–H groups in total. The lowest BCUT2D eigenvalue weighted by Gasteiger charge is -2.20. The number of benzene rings is 1. The lowest BCUT2D eigenvalue weighted by molar-refractivity contribution is -0.360. The SMILES string of the molecule is FC(F)(F)C(F)(F)Oc1ccc(C#CCCl)cc1. The molecule has 0 amide bonds. The highest BCUT2D eigenvalue weighted by atomic mass is 35.5. The van der Waals surface area contributed by atoms with Crippen LogP contribution >= 0.6 is 11.6 Å². The van der Waals surface area contributed by atoms with Gasteiger partial charge in [0.05, 0.1) is 5.88 Å². The second-order valence-corrected chi connectivity index (χ2v) is 3.34. The zero-order valence-corrected chi connectivity index (χ0v) is 9.45. The van der Waals surface area contributed by atoms with E-state index in [-0.39, 0.29) is 5.88 Å². The molecular weight excluding hydrogens is 279 g/mol. The number of hydrogen-bond donors (Lipinski definition) is 0. The molecule has 0 fully saturated rings. The minimum atomic E-state index is -5.76. The first-order chi connectivity index (χ1) is 8.26. The Kier molecular flexibility index (Phi) is 4.41. The Bertz CT molecular complexity index is 455. The standard InChI is InChI=1S/C11H6ClF5O/c12-7-1-2-8-3-5-9(6-4-8)18-11(16,17)10(13,14)15/h3-6H,7H2. The summed E-state index contributed by atoms with van der Waals surface area (Å²) in [5.41, 5.74) is 0.429. The summed E-state index contributed by atoms with van der Waals surface area (Å²) in [7, 11) is 0. The van der Waals surface area contributed by atoms with Crippen molar-refractivity contribution in [2.75, 3.05) is 5.88 Å². The highest BCUT2D eigenvalue weighted by Crippen LogP contribution is 2.37. The van der Waals surface area contributed by atoms with E-state index in [9.17, 15) is 22.0 Å². The maximum Gasteiger partial charge on any atom is 0.499 e. The first-order valence-corrected chi connectivity index (χ1v) is 5.08. The molecule has 7 heteroatoms. The minimum absolute atomic E-state index is 0.0877. The summed E-state index contributed by atoms with van der Waals surface area (Å²) in [6.45, 7) is 0. The van der Waals surface area contributed by atoms with Gasteiger partial charge < -0.3 is 4.74 Å². The normalized spacial score (nSPS) is 11.7. The average molecular weight is 285 g/mol. The van der Waals surface area contributed by atoms with Gasteiger partial charge in [0.25, 0.3) is 0 Å². The summed E-state index contributed by atoms with van der Waals surface area (Å²) in [5, 5.41) is 0. The monoisotopic (exact) mass is 284 g/mol. The molecule has 98 valence electrons. The molecule has 0 radical (unpaired) electrons. The Morgan fingerprint density at radius 1 is 1.06 bits per heavy atom. The van der Waals surface area contributed by atoms with Gasteiger partial charge in [0, 0.05) is 5.56 Å². The third-order valence-electron chi connectivity index (χ3n) is 1.73. The van der Waals surface area contributed by atoms with Crippen molar-refractivity contribution in [3.63, 3.8) is 0 Å². The summed E-state index contributed by atoms with van der Waals surface area (Å²) in [6, 6.07) is 4.44. The van der Waals surface area contributed by atoms with Gasteiger partial charge in [0.1, 0.15) is 5.75 Å². The molecular formula is C11H6ClF5O. The van der Waals surface area contributed by atoms with Gasteiger partial charge in [-0.1, -0.05) is 11.8 Å². The summed E-state index contributed by atoms with van der Waals surface area (Å²) in [4.78, 5) is 0. The predicted molar refractivity (Wildman–Crippen MR) is 55.7 cm³/mol. The van der Waals surface area contributed by atoms with E-state index < -0.39 is 18.0 Å². The number of ether oxygens (including phenoxy) is 1. The van der Waals surface area contributed by atoms with Gasteiger partial charge in [-0.2, -0.15) is 22.0 Å². The average Bonchev–Trinajstić information content (AvgIpc) is 2.26. The zero-order valence-electron chi connectivity index (χ0n) is 8.69. The van der Waals surface area contributed by atoms with Crippen molar-refractivity contribution in [3.05, 3.63) is 29.8 Å². The molecule has 0 saturated carbocycles. The van der Waals surface area contributed by atoms with Gasteiger partial charge in [-0.25, -0.2) is 0 Å². The minimum Gasteiger partial charge on any atom is -0.426 e. The number of hydrogen-bond acceptors (Lipinski definition) is 1. The van der Waals surface area contributed by atoms with Crippen LogP contribution in [0.25, 0.3) is 0 Å². The number of alkyl halides is 6. The fourth-order valence-corrected chi connectivity index (χ4v) is 1.01. The van der Waals surface area contributed by atoms with E-state index in [0.29, 0.717) is 5.56 Å². The molecule has 0 atom stereocenters. The van der Waals surface area contributed by atoms with Gasteiger partial charge in [-0.05, 0) is 24.3 Å². The molecule has 1 rings (SSSR count). The Hall–Kier alpha value is -1.48. The largest absolute Gasteiger partial charge is 0.499 e. The molecule has 0 spiro atoms. The Morgan fingerprint density at radius 2 is 1.61 bits per heavy atom. The summed E-state index contributed by atoms with van der Waals surface area (Å²) in [6.07, 6.45) is -11.0. The van der Waals surface area contributed by atoms with E-state index >= 15 is 0 Å². The first kappa shape index (κ1) is 14.6. The van der Waals surface area contributed by atoms with E-state index in [1.807, 2.05) is 0 Å². The van der Waals surface area contributed by atoms with Crippen molar-refractivity contribution in [1.29, 1.82) is 0 Å². The maximum atomic E-state index is 12.5. The first-order valence-electron chi connectivity index (χ1n) is 4.55. The molecule has 0 aliphatic heterocycles. The van der Waals surface area contributed by atoms with Crippen molar-refractivity contribution in [2.24, 2.45) is 0 Å². The lowest BCUT2D eigenvalue weighted by atomic mass is 10.2. The predicted octanol–water partition coefficient (Wildman–Crippen LogP) is 3.81. The van der Waals surface area contributed by atoms with Crippen LogP contribution < -0.4 is 4.74 Å². The van der Waals surface area contributed by atoms with Crippen LogP contribution in [0.1, 0.15) is 5.56 Å². The molecule has 0 aliphatic rings. The van der Waals surface area contributed by atoms with Crippen LogP contribution in [0.15, 0.2) is 24.3 Å². The van der Waals surface area contributed by atoms with E-state index in [4.69, 9.17) is 11.6 Å². The van der Waals surface area contributed by atoms with E-state index in [0.717, 1.165) is 12.1 Å². The van der Waals surface area contributed by atoms with Crippen LogP contribution in [0.2, 0.25) is 0 Å². The molecule has 1 nitrogen and oxygen atoms in total. The smallest absolute Gasteiger partial charge is 0.426 e. The highest BCUT2D eigenvalue weighted by Gasteiger charge is 2.61. The summed E-state index contributed by atoms with van der Waals surface area (Å²) < 4.78 is 64.2. The summed E-state index contributed by atoms with van der Waals surface area (Å²) >= 11 is 5.30. The van der Waals surface area contributed by atoms with Gasteiger partial charge in [0.2, 0.25) is 0 Å². The molecule has 18 heavy (non-hydrogen) atoms. The molecule has 0 heterocycles. The van der Waals surface area contributed by atoms with Gasteiger partial charge in [-0.3, -0.25) is 0 Å². The van der Waals surface area contributed by atoms with Crippen molar-refractivity contribution in [1.82, 2.24) is 0 Å². The quantitative estimate of drug-likeness (QED) is 0.456. The van der Waals surface area contributed by atoms with Crippen LogP contribution in [0, 0.1) is 11.8 Å². The Morgan fingerprint density at radius 3 is 2.06 bits per heavy atom. The number of halogens is 6. The van der Waals surface area contributed by atoms with Crippen molar-refractivity contribution < 1.29 is 26.7 Å². The molecule has 1 aromatic carbocycles. The molecule has 0 saturated heterocycles. The third kappa shape index (κ3) is 3.77. The topological polar surface area (TPSA) is 9.23 Å². The molecule has 1 aromatic rings. The van der Waals surface area contributed by atoms with Crippen molar-refractivity contribution >= 4 is 11.6 Å². The number of rotatable bonds is 2. The van der Waals surface area contributed by atoms with Gasteiger partial charge >= 0.3 is 12.3 Å².